The molecular weight excluding hydrogens is 262 g/mol. The van der Waals surface area contributed by atoms with E-state index in [9.17, 15) is 10.4 Å². The minimum absolute atomic E-state index is 0.104. The van der Waals surface area contributed by atoms with Crippen molar-refractivity contribution in [3.8, 4) is 6.07 Å². The summed E-state index contributed by atoms with van der Waals surface area (Å²) in [5.74, 6) is 0.811. The highest BCUT2D eigenvalue weighted by Crippen LogP contribution is 2.29. The molecule has 0 saturated heterocycles. The summed E-state index contributed by atoms with van der Waals surface area (Å²) in [5, 5.41) is 19.6. The number of aliphatic hydroxyl groups excluding tert-OH is 1. The van der Waals surface area contributed by atoms with Gasteiger partial charge in [0.05, 0.1) is 23.8 Å². The van der Waals surface area contributed by atoms with Crippen LogP contribution in [0.25, 0.3) is 10.9 Å². The van der Waals surface area contributed by atoms with Crippen LogP contribution in [-0.2, 0) is 0 Å². The topological polar surface area (TPSA) is 60.2 Å². The fourth-order valence-electron chi connectivity index (χ4n) is 3.21. The van der Waals surface area contributed by atoms with Crippen molar-refractivity contribution in [3.63, 3.8) is 0 Å². The summed E-state index contributed by atoms with van der Waals surface area (Å²) in [7, 11) is 0. The lowest BCUT2D eigenvalue weighted by molar-refractivity contribution is 0.297. The first-order valence-corrected chi connectivity index (χ1v) is 7.51. The summed E-state index contributed by atoms with van der Waals surface area (Å²) in [6.07, 6.45) is 4.73. The summed E-state index contributed by atoms with van der Waals surface area (Å²) in [6.45, 7) is 0.674. The Labute approximate surface area is 124 Å². The van der Waals surface area contributed by atoms with Gasteiger partial charge in [-0.25, -0.2) is 4.98 Å². The maximum atomic E-state index is 9.39. The zero-order valence-corrected chi connectivity index (χ0v) is 12.0. The number of nitriles is 1. The standard InChI is InChI=1S/C17H19N3O/c18-12-13-11-17(19-16-8-4-3-7-15(13)16)20(9-10-21)14-5-1-2-6-14/h3-4,7-8,11,14,21H,1-2,5-6,9-10H2. The van der Waals surface area contributed by atoms with Gasteiger partial charge in [-0.1, -0.05) is 31.0 Å². The first-order chi connectivity index (χ1) is 10.3. The summed E-state index contributed by atoms with van der Waals surface area (Å²) >= 11 is 0. The second-order valence-corrected chi connectivity index (χ2v) is 5.51. The molecule has 2 aromatic rings. The number of aliphatic hydroxyl groups is 1. The van der Waals surface area contributed by atoms with Gasteiger partial charge < -0.3 is 10.0 Å². The average Bonchev–Trinajstić information content (AvgIpc) is 3.05. The van der Waals surface area contributed by atoms with Crippen molar-refractivity contribution in [2.24, 2.45) is 0 Å². The zero-order valence-electron chi connectivity index (χ0n) is 12.0. The normalized spacial score (nSPS) is 15.2. The molecule has 0 spiro atoms. The summed E-state index contributed by atoms with van der Waals surface area (Å²) < 4.78 is 0. The molecule has 4 heteroatoms. The van der Waals surface area contributed by atoms with E-state index in [1.807, 2.05) is 30.3 Å². The Kier molecular flexibility index (Phi) is 4.03. The number of fused-ring (bicyclic) bond motifs is 1. The van der Waals surface area contributed by atoms with E-state index in [2.05, 4.69) is 11.0 Å². The molecule has 3 rings (SSSR count). The van der Waals surface area contributed by atoms with Gasteiger partial charge in [-0.3, -0.25) is 0 Å². The molecule has 1 aromatic heterocycles. The van der Waals surface area contributed by atoms with Gasteiger partial charge in [0.25, 0.3) is 0 Å². The Bertz CT molecular complexity index is 671. The van der Waals surface area contributed by atoms with Crippen molar-refractivity contribution in [3.05, 3.63) is 35.9 Å². The Balaban J connectivity index is 2.06. The number of aromatic nitrogens is 1. The predicted octanol–water partition coefficient (Wildman–Crippen LogP) is 2.85. The molecule has 0 radical (unpaired) electrons. The van der Waals surface area contributed by atoms with E-state index in [-0.39, 0.29) is 6.61 Å². The molecule has 1 fully saturated rings. The van der Waals surface area contributed by atoms with Gasteiger partial charge in [0.15, 0.2) is 0 Å². The highest BCUT2D eigenvalue weighted by molar-refractivity contribution is 5.86. The number of pyridine rings is 1. The van der Waals surface area contributed by atoms with Crippen LogP contribution in [0.3, 0.4) is 0 Å². The molecular formula is C17H19N3O. The van der Waals surface area contributed by atoms with E-state index < -0.39 is 0 Å². The third kappa shape index (κ3) is 2.70. The molecule has 0 bridgehead atoms. The van der Waals surface area contributed by atoms with E-state index in [1.54, 1.807) is 0 Å². The lowest BCUT2D eigenvalue weighted by atomic mass is 10.1. The zero-order chi connectivity index (χ0) is 14.7. The number of hydrogen-bond donors (Lipinski definition) is 1. The number of nitrogens with zero attached hydrogens (tertiary/aromatic N) is 3. The number of anilines is 1. The van der Waals surface area contributed by atoms with Crippen molar-refractivity contribution in [2.75, 3.05) is 18.1 Å². The molecule has 1 heterocycles. The van der Waals surface area contributed by atoms with Crippen LogP contribution >= 0.6 is 0 Å². The van der Waals surface area contributed by atoms with Gasteiger partial charge in [-0.05, 0) is 25.0 Å². The Morgan fingerprint density at radius 2 is 2.05 bits per heavy atom. The number of benzene rings is 1. The molecule has 108 valence electrons. The van der Waals surface area contributed by atoms with Crippen molar-refractivity contribution in [1.82, 2.24) is 4.98 Å². The van der Waals surface area contributed by atoms with Crippen molar-refractivity contribution in [2.45, 2.75) is 31.7 Å². The molecule has 1 N–H and O–H groups in total. The molecule has 0 atom stereocenters. The SMILES string of the molecule is N#Cc1cc(N(CCO)C2CCCC2)nc2ccccc12. The van der Waals surface area contributed by atoms with Gasteiger partial charge in [-0.2, -0.15) is 5.26 Å². The highest BCUT2D eigenvalue weighted by atomic mass is 16.3. The third-order valence-corrected chi connectivity index (χ3v) is 4.22. The van der Waals surface area contributed by atoms with Crippen LogP contribution in [0.2, 0.25) is 0 Å². The van der Waals surface area contributed by atoms with E-state index in [4.69, 9.17) is 4.98 Å². The molecule has 1 saturated carbocycles. The van der Waals surface area contributed by atoms with Crippen molar-refractivity contribution in [1.29, 1.82) is 5.26 Å². The third-order valence-electron chi connectivity index (χ3n) is 4.22. The lowest BCUT2D eigenvalue weighted by Gasteiger charge is -2.29. The van der Waals surface area contributed by atoms with Crippen LogP contribution < -0.4 is 4.90 Å². The molecule has 1 aromatic carbocycles. The van der Waals surface area contributed by atoms with E-state index in [0.29, 0.717) is 18.2 Å². The number of rotatable bonds is 4. The number of para-hydroxylation sites is 1. The van der Waals surface area contributed by atoms with Gasteiger partial charge in [0.2, 0.25) is 0 Å². The second-order valence-electron chi connectivity index (χ2n) is 5.51. The molecule has 4 nitrogen and oxygen atoms in total. The molecule has 0 unspecified atom stereocenters. The first-order valence-electron chi connectivity index (χ1n) is 7.51. The quantitative estimate of drug-likeness (QED) is 0.936. The van der Waals surface area contributed by atoms with Crippen LogP contribution in [0, 0.1) is 11.3 Å². The first kappa shape index (κ1) is 13.8. The van der Waals surface area contributed by atoms with Crippen LogP contribution in [0.4, 0.5) is 5.82 Å². The van der Waals surface area contributed by atoms with Gasteiger partial charge in [0.1, 0.15) is 5.82 Å². The van der Waals surface area contributed by atoms with Crippen LogP contribution in [0.1, 0.15) is 31.2 Å². The molecule has 21 heavy (non-hydrogen) atoms. The monoisotopic (exact) mass is 281 g/mol. The Hall–Kier alpha value is -2.12. The van der Waals surface area contributed by atoms with E-state index in [0.717, 1.165) is 29.6 Å². The second kappa shape index (κ2) is 6.11. The molecule has 0 aliphatic heterocycles. The van der Waals surface area contributed by atoms with Gasteiger partial charge >= 0.3 is 0 Å². The van der Waals surface area contributed by atoms with E-state index >= 15 is 0 Å². The minimum atomic E-state index is 0.104. The molecule has 0 amide bonds. The van der Waals surface area contributed by atoms with Crippen LogP contribution in [0.15, 0.2) is 30.3 Å². The summed E-state index contributed by atoms with van der Waals surface area (Å²) in [4.78, 5) is 6.88. The smallest absolute Gasteiger partial charge is 0.130 e. The van der Waals surface area contributed by atoms with Gasteiger partial charge in [0, 0.05) is 18.0 Å². The largest absolute Gasteiger partial charge is 0.395 e. The predicted molar refractivity (Wildman–Crippen MR) is 83.1 cm³/mol. The highest BCUT2D eigenvalue weighted by Gasteiger charge is 2.24. The van der Waals surface area contributed by atoms with Crippen molar-refractivity contribution >= 4 is 16.7 Å². The fourth-order valence-corrected chi connectivity index (χ4v) is 3.21. The van der Waals surface area contributed by atoms with Crippen LogP contribution in [-0.4, -0.2) is 29.3 Å². The molecule has 1 aliphatic carbocycles. The average molecular weight is 281 g/mol. The summed E-state index contributed by atoms with van der Waals surface area (Å²) in [6, 6.07) is 12.3. The lowest BCUT2D eigenvalue weighted by Crippen LogP contribution is -2.36. The maximum absolute atomic E-state index is 9.39. The summed E-state index contributed by atoms with van der Waals surface area (Å²) in [5.41, 5.74) is 1.49. The Morgan fingerprint density at radius 3 is 2.76 bits per heavy atom. The van der Waals surface area contributed by atoms with Gasteiger partial charge in [-0.15, -0.1) is 0 Å². The number of hydrogen-bond acceptors (Lipinski definition) is 4. The van der Waals surface area contributed by atoms with Crippen LogP contribution in [0.5, 0.6) is 0 Å². The molecule has 1 aliphatic rings. The Morgan fingerprint density at radius 1 is 1.29 bits per heavy atom. The minimum Gasteiger partial charge on any atom is -0.395 e. The maximum Gasteiger partial charge on any atom is 0.130 e. The fraction of sp³-hybridized carbons (Fsp3) is 0.412. The van der Waals surface area contributed by atoms with E-state index in [1.165, 1.54) is 12.8 Å². The van der Waals surface area contributed by atoms with Crippen molar-refractivity contribution < 1.29 is 5.11 Å².